The maximum atomic E-state index is 12.8. The molecular weight excluding hydrogens is 301 g/mol. The lowest BCUT2D eigenvalue weighted by Gasteiger charge is -2.19. The molecule has 0 aliphatic carbocycles. The Morgan fingerprint density at radius 3 is 2.41 bits per heavy atom. The predicted octanol–water partition coefficient (Wildman–Crippen LogP) is 1.93. The normalized spacial score (nSPS) is 13.6. The maximum absolute atomic E-state index is 12.8. The first kappa shape index (κ1) is 17.5. The SMILES string of the molecule is CNC(=O)[C@@H](C#N)C(=O)[C@@H](C)Oc1ccccc1C(F)(F)F. The molecule has 0 fully saturated rings. The van der Waals surface area contributed by atoms with Gasteiger partial charge in [0.25, 0.3) is 0 Å². The number of ketones is 1. The van der Waals surface area contributed by atoms with E-state index in [1.54, 1.807) is 0 Å². The molecule has 0 spiro atoms. The van der Waals surface area contributed by atoms with Gasteiger partial charge >= 0.3 is 6.18 Å². The number of Topliss-reactive ketones (excluding diaryl/α,β-unsaturated/α-hetero) is 1. The molecule has 118 valence electrons. The van der Waals surface area contributed by atoms with Crippen LogP contribution in [0.5, 0.6) is 5.75 Å². The van der Waals surface area contributed by atoms with Gasteiger partial charge in [-0.25, -0.2) is 0 Å². The average Bonchev–Trinajstić information content (AvgIpc) is 2.46. The van der Waals surface area contributed by atoms with E-state index in [0.717, 1.165) is 12.1 Å². The lowest BCUT2D eigenvalue weighted by Crippen LogP contribution is -2.39. The number of nitrogens with one attached hydrogen (secondary N) is 1. The van der Waals surface area contributed by atoms with Crippen molar-refractivity contribution in [2.45, 2.75) is 19.2 Å². The van der Waals surface area contributed by atoms with E-state index in [4.69, 9.17) is 10.00 Å². The summed E-state index contributed by atoms with van der Waals surface area (Å²) in [6.45, 7) is 1.18. The number of hydrogen-bond donors (Lipinski definition) is 1. The summed E-state index contributed by atoms with van der Waals surface area (Å²) in [6, 6.07) is 5.88. The third-order valence-corrected chi connectivity index (χ3v) is 2.82. The van der Waals surface area contributed by atoms with Crippen molar-refractivity contribution in [2.24, 2.45) is 5.92 Å². The monoisotopic (exact) mass is 314 g/mol. The molecule has 0 aromatic heterocycles. The Hall–Kier alpha value is -2.56. The molecule has 0 radical (unpaired) electrons. The molecule has 1 amide bonds. The molecule has 22 heavy (non-hydrogen) atoms. The lowest BCUT2D eigenvalue weighted by molar-refractivity contribution is -0.142. The molecule has 0 bridgehead atoms. The number of hydrogen-bond acceptors (Lipinski definition) is 4. The number of para-hydroxylation sites is 1. The van der Waals surface area contributed by atoms with E-state index >= 15 is 0 Å². The Morgan fingerprint density at radius 2 is 1.91 bits per heavy atom. The zero-order chi connectivity index (χ0) is 16.9. The second kappa shape index (κ2) is 6.93. The van der Waals surface area contributed by atoms with Gasteiger partial charge < -0.3 is 10.1 Å². The molecule has 1 rings (SSSR count). The third kappa shape index (κ3) is 3.97. The van der Waals surface area contributed by atoms with E-state index in [1.165, 1.54) is 32.2 Å². The van der Waals surface area contributed by atoms with Crippen LogP contribution in [0.15, 0.2) is 24.3 Å². The number of carbonyl (C=O) groups excluding carboxylic acids is 2. The number of alkyl halides is 3. The van der Waals surface area contributed by atoms with Gasteiger partial charge in [0.15, 0.2) is 17.8 Å². The third-order valence-electron chi connectivity index (χ3n) is 2.82. The van der Waals surface area contributed by atoms with E-state index in [2.05, 4.69) is 5.32 Å². The van der Waals surface area contributed by atoms with Crippen LogP contribution >= 0.6 is 0 Å². The second-order valence-electron chi connectivity index (χ2n) is 4.33. The van der Waals surface area contributed by atoms with Gasteiger partial charge in [-0.05, 0) is 19.1 Å². The number of nitrogens with zero attached hydrogens (tertiary/aromatic N) is 1. The molecule has 0 aliphatic rings. The van der Waals surface area contributed by atoms with E-state index in [1.807, 2.05) is 0 Å². The molecular formula is C14H13F3N2O3. The first-order chi connectivity index (χ1) is 10.2. The van der Waals surface area contributed by atoms with Gasteiger partial charge in [-0.1, -0.05) is 12.1 Å². The molecule has 0 saturated carbocycles. The zero-order valence-corrected chi connectivity index (χ0v) is 11.8. The molecule has 2 atom stereocenters. The molecule has 0 unspecified atom stereocenters. The number of nitriles is 1. The van der Waals surface area contributed by atoms with Gasteiger partial charge in [-0.3, -0.25) is 9.59 Å². The number of ether oxygens (including phenoxy) is 1. The van der Waals surface area contributed by atoms with Crippen LogP contribution in [0.25, 0.3) is 0 Å². The van der Waals surface area contributed by atoms with Gasteiger partial charge in [0.2, 0.25) is 5.91 Å². The summed E-state index contributed by atoms with van der Waals surface area (Å²) >= 11 is 0. The quantitative estimate of drug-likeness (QED) is 0.842. The lowest BCUT2D eigenvalue weighted by atomic mass is 10.0. The van der Waals surface area contributed by atoms with Crippen LogP contribution < -0.4 is 10.1 Å². The fraction of sp³-hybridized carbons (Fsp3) is 0.357. The van der Waals surface area contributed by atoms with Crippen LogP contribution in [0.4, 0.5) is 13.2 Å². The van der Waals surface area contributed by atoms with Crippen LogP contribution in [0.1, 0.15) is 12.5 Å². The number of benzene rings is 1. The Kier molecular flexibility index (Phi) is 5.51. The molecule has 1 aromatic rings. The summed E-state index contributed by atoms with van der Waals surface area (Å²) in [7, 11) is 1.24. The topological polar surface area (TPSA) is 79.2 Å². The highest BCUT2D eigenvalue weighted by molar-refractivity contribution is 6.05. The fourth-order valence-electron chi connectivity index (χ4n) is 1.68. The minimum Gasteiger partial charge on any atom is -0.482 e. The van der Waals surface area contributed by atoms with Gasteiger partial charge in [0.1, 0.15) is 5.75 Å². The average molecular weight is 314 g/mol. The molecule has 0 aliphatic heterocycles. The van der Waals surface area contributed by atoms with Gasteiger partial charge in [0.05, 0.1) is 11.6 Å². The highest BCUT2D eigenvalue weighted by Gasteiger charge is 2.36. The van der Waals surface area contributed by atoms with Crippen LogP contribution in [0.2, 0.25) is 0 Å². The number of carbonyl (C=O) groups is 2. The van der Waals surface area contributed by atoms with E-state index in [-0.39, 0.29) is 0 Å². The summed E-state index contributed by atoms with van der Waals surface area (Å²) in [5.41, 5.74) is -1.04. The van der Waals surface area contributed by atoms with Crippen molar-refractivity contribution in [3.05, 3.63) is 29.8 Å². The van der Waals surface area contributed by atoms with E-state index in [0.29, 0.717) is 0 Å². The summed E-state index contributed by atoms with van der Waals surface area (Å²) < 4.78 is 43.5. The summed E-state index contributed by atoms with van der Waals surface area (Å²) in [4.78, 5) is 23.3. The first-order valence-corrected chi connectivity index (χ1v) is 6.20. The highest BCUT2D eigenvalue weighted by atomic mass is 19.4. The molecule has 0 saturated heterocycles. The van der Waals surface area contributed by atoms with Crippen molar-refractivity contribution in [2.75, 3.05) is 7.05 Å². The van der Waals surface area contributed by atoms with Crippen molar-refractivity contribution in [1.82, 2.24) is 5.32 Å². The Balaban J connectivity index is 2.99. The van der Waals surface area contributed by atoms with Crippen molar-refractivity contribution in [3.63, 3.8) is 0 Å². The van der Waals surface area contributed by atoms with Crippen molar-refractivity contribution >= 4 is 11.7 Å². The molecule has 0 heterocycles. The number of amides is 1. The van der Waals surface area contributed by atoms with Crippen LogP contribution in [0.3, 0.4) is 0 Å². The van der Waals surface area contributed by atoms with E-state index in [9.17, 15) is 22.8 Å². The van der Waals surface area contributed by atoms with Crippen LogP contribution in [0, 0.1) is 17.2 Å². The Morgan fingerprint density at radius 1 is 1.32 bits per heavy atom. The minimum atomic E-state index is -4.64. The summed E-state index contributed by atoms with van der Waals surface area (Å²) in [6.07, 6.45) is -6.03. The van der Waals surface area contributed by atoms with Crippen molar-refractivity contribution < 1.29 is 27.5 Å². The van der Waals surface area contributed by atoms with E-state index < -0.39 is 41.2 Å². The summed E-state index contributed by atoms with van der Waals surface area (Å²) in [5, 5.41) is 11.0. The van der Waals surface area contributed by atoms with Gasteiger partial charge in [-0.2, -0.15) is 18.4 Å². The van der Waals surface area contributed by atoms with Crippen LogP contribution in [-0.4, -0.2) is 24.8 Å². The zero-order valence-electron chi connectivity index (χ0n) is 11.8. The number of rotatable bonds is 5. The standard InChI is InChI=1S/C14H13F3N2O3/c1-8(12(20)9(7-18)13(21)19-2)22-11-6-4-3-5-10(11)14(15,16)17/h3-6,8-9H,1-2H3,(H,19,21)/t8-,9+/m1/s1. The predicted molar refractivity (Wildman–Crippen MR) is 69.7 cm³/mol. The van der Waals surface area contributed by atoms with Crippen LogP contribution in [-0.2, 0) is 15.8 Å². The molecule has 1 aromatic carbocycles. The largest absolute Gasteiger partial charge is 0.482 e. The number of halogens is 3. The minimum absolute atomic E-state index is 0.538. The highest BCUT2D eigenvalue weighted by Crippen LogP contribution is 2.36. The fourth-order valence-corrected chi connectivity index (χ4v) is 1.68. The molecule has 5 nitrogen and oxygen atoms in total. The maximum Gasteiger partial charge on any atom is 0.419 e. The summed E-state index contributed by atoms with van der Waals surface area (Å²) in [5.74, 6) is -3.94. The van der Waals surface area contributed by atoms with Gasteiger partial charge in [0, 0.05) is 7.05 Å². The first-order valence-electron chi connectivity index (χ1n) is 6.20. The second-order valence-corrected chi connectivity index (χ2v) is 4.33. The Bertz CT molecular complexity index is 608. The van der Waals surface area contributed by atoms with Crippen molar-refractivity contribution in [3.8, 4) is 11.8 Å². The smallest absolute Gasteiger partial charge is 0.419 e. The molecule has 8 heteroatoms. The Labute approximate surface area is 124 Å². The van der Waals surface area contributed by atoms with Gasteiger partial charge in [-0.15, -0.1) is 0 Å². The van der Waals surface area contributed by atoms with Crippen molar-refractivity contribution in [1.29, 1.82) is 5.26 Å². The molecule has 1 N–H and O–H groups in total.